The summed E-state index contributed by atoms with van der Waals surface area (Å²) in [7, 11) is 0. The lowest BCUT2D eigenvalue weighted by Gasteiger charge is -2.14. The first-order valence-corrected chi connectivity index (χ1v) is 9.08. The first kappa shape index (κ1) is 17.9. The number of rotatable bonds is 6. The monoisotopic (exact) mass is 342 g/mol. The minimum absolute atomic E-state index is 0.529. The molecule has 0 aliphatic rings. The summed E-state index contributed by atoms with van der Waals surface area (Å²) in [6.07, 6.45) is 6.57. The second kappa shape index (κ2) is 8.01. The van der Waals surface area contributed by atoms with Crippen molar-refractivity contribution in [2.45, 2.75) is 33.1 Å². The zero-order valence-electron chi connectivity index (χ0n) is 15.8. The first-order valence-electron chi connectivity index (χ1n) is 9.08. The van der Waals surface area contributed by atoms with Crippen molar-refractivity contribution in [1.29, 1.82) is 0 Å². The van der Waals surface area contributed by atoms with Gasteiger partial charge >= 0.3 is 0 Å². The topological polar surface area (TPSA) is 24.9 Å². The van der Waals surface area contributed by atoms with E-state index in [2.05, 4.69) is 86.2 Å². The fourth-order valence-electron chi connectivity index (χ4n) is 3.07. The molecule has 0 unspecified atom stereocenters. The molecule has 0 aliphatic heterocycles. The Kier molecular flexibility index (Phi) is 5.52. The second-order valence-corrected chi connectivity index (χ2v) is 7.03. The molecule has 0 aliphatic carbocycles. The van der Waals surface area contributed by atoms with E-state index in [1.54, 1.807) is 0 Å². The minimum atomic E-state index is 0.529. The van der Waals surface area contributed by atoms with Gasteiger partial charge in [0.15, 0.2) is 0 Å². The third-order valence-electron chi connectivity index (χ3n) is 4.62. The summed E-state index contributed by atoms with van der Waals surface area (Å²) < 4.78 is 0. The van der Waals surface area contributed by atoms with Gasteiger partial charge in [-0.05, 0) is 48.1 Å². The SMILES string of the molecule is C=Cc1c(Cc2cccc(C(C)C)c2)cncc1Nc1ccc(C)cc1. The molecule has 0 bridgehead atoms. The van der Waals surface area contributed by atoms with Crippen molar-refractivity contribution in [3.63, 3.8) is 0 Å². The lowest BCUT2D eigenvalue weighted by atomic mass is 9.96. The summed E-state index contributed by atoms with van der Waals surface area (Å²) in [5.74, 6) is 0.529. The molecular formula is C24H26N2. The summed E-state index contributed by atoms with van der Waals surface area (Å²) in [6.45, 7) is 10.6. The molecule has 0 saturated carbocycles. The standard InChI is InChI=1S/C24H26N2/c1-5-23-21(14-19-7-6-8-20(13-19)17(2)3)15-25-16-24(23)26-22-11-9-18(4)10-12-22/h5-13,15-17,26H,1,14H2,2-4H3. The van der Waals surface area contributed by atoms with Crippen molar-refractivity contribution in [2.24, 2.45) is 0 Å². The van der Waals surface area contributed by atoms with Crippen molar-refractivity contribution in [3.8, 4) is 0 Å². The van der Waals surface area contributed by atoms with Crippen molar-refractivity contribution in [3.05, 3.63) is 95.3 Å². The Balaban J connectivity index is 1.89. The quantitative estimate of drug-likeness (QED) is 0.554. The van der Waals surface area contributed by atoms with Crippen LogP contribution in [-0.2, 0) is 6.42 Å². The van der Waals surface area contributed by atoms with Gasteiger partial charge in [-0.1, -0.05) is 68.5 Å². The average Bonchev–Trinajstić information content (AvgIpc) is 2.64. The molecule has 1 aromatic heterocycles. The van der Waals surface area contributed by atoms with Crippen LogP contribution in [-0.4, -0.2) is 4.98 Å². The van der Waals surface area contributed by atoms with Gasteiger partial charge in [0.2, 0.25) is 0 Å². The molecule has 0 saturated heterocycles. The normalized spacial score (nSPS) is 10.8. The van der Waals surface area contributed by atoms with E-state index in [1.165, 1.54) is 22.3 Å². The van der Waals surface area contributed by atoms with Gasteiger partial charge in [-0.25, -0.2) is 0 Å². The Morgan fingerprint density at radius 1 is 1.08 bits per heavy atom. The summed E-state index contributed by atoms with van der Waals surface area (Å²) >= 11 is 0. The number of hydrogen-bond acceptors (Lipinski definition) is 2. The van der Waals surface area contributed by atoms with Gasteiger partial charge in [-0.2, -0.15) is 0 Å². The number of nitrogens with one attached hydrogen (secondary N) is 1. The number of aryl methyl sites for hydroxylation is 1. The molecule has 2 nitrogen and oxygen atoms in total. The third kappa shape index (κ3) is 4.20. The molecule has 0 fully saturated rings. The smallest absolute Gasteiger partial charge is 0.0647 e. The fourth-order valence-corrected chi connectivity index (χ4v) is 3.07. The molecule has 26 heavy (non-hydrogen) atoms. The van der Waals surface area contributed by atoms with E-state index in [4.69, 9.17) is 0 Å². The van der Waals surface area contributed by atoms with E-state index in [0.717, 1.165) is 23.4 Å². The molecule has 132 valence electrons. The van der Waals surface area contributed by atoms with Gasteiger partial charge in [0.25, 0.3) is 0 Å². The third-order valence-corrected chi connectivity index (χ3v) is 4.62. The molecule has 0 spiro atoms. The average molecular weight is 342 g/mol. The highest BCUT2D eigenvalue weighted by Crippen LogP contribution is 2.26. The molecule has 3 aromatic rings. The van der Waals surface area contributed by atoms with Crippen LogP contribution in [0.4, 0.5) is 11.4 Å². The molecule has 0 amide bonds. The Labute approximate surface area is 156 Å². The Morgan fingerprint density at radius 2 is 1.85 bits per heavy atom. The predicted molar refractivity (Wildman–Crippen MR) is 112 cm³/mol. The van der Waals surface area contributed by atoms with Crippen LogP contribution in [0.5, 0.6) is 0 Å². The van der Waals surface area contributed by atoms with Gasteiger partial charge in [-0.15, -0.1) is 0 Å². The van der Waals surface area contributed by atoms with Crippen LogP contribution in [0, 0.1) is 6.92 Å². The van der Waals surface area contributed by atoms with Gasteiger partial charge < -0.3 is 5.32 Å². The van der Waals surface area contributed by atoms with Crippen LogP contribution in [0.1, 0.15) is 47.6 Å². The van der Waals surface area contributed by atoms with Crippen LogP contribution >= 0.6 is 0 Å². The van der Waals surface area contributed by atoms with Crippen molar-refractivity contribution in [2.75, 3.05) is 5.32 Å². The lowest BCUT2D eigenvalue weighted by molar-refractivity contribution is 0.863. The van der Waals surface area contributed by atoms with E-state index in [-0.39, 0.29) is 0 Å². The molecule has 2 heteroatoms. The molecule has 3 rings (SSSR count). The Morgan fingerprint density at radius 3 is 2.54 bits per heavy atom. The van der Waals surface area contributed by atoms with Crippen molar-refractivity contribution >= 4 is 17.5 Å². The summed E-state index contributed by atoms with van der Waals surface area (Å²) in [6, 6.07) is 17.2. The van der Waals surface area contributed by atoms with Crippen LogP contribution in [0.15, 0.2) is 67.5 Å². The second-order valence-electron chi connectivity index (χ2n) is 7.03. The molecule has 0 radical (unpaired) electrons. The maximum absolute atomic E-state index is 4.45. The van der Waals surface area contributed by atoms with E-state index in [1.807, 2.05) is 18.5 Å². The Bertz CT molecular complexity index is 892. The summed E-state index contributed by atoms with van der Waals surface area (Å²) in [4.78, 5) is 4.45. The van der Waals surface area contributed by atoms with Gasteiger partial charge in [0.1, 0.15) is 0 Å². The van der Waals surface area contributed by atoms with Crippen molar-refractivity contribution < 1.29 is 0 Å². The molecule has 1 N–H and O–H groups in total. The summed E-state index contributed by atoms with van der Waals surface area (Å²) in [5, 5.41) is 3.47. The number of anilines is 2. The van der Waals surface area contributed by atoms with E-state index in [0.29, 0.717) is 5.92 Å². The van der Waals surface area contributed by atoms with Crippen LogP contribution in [0.2, 0.25) is 0 Å². The number of nitrogens with zero attached hydrogens (tertiary/aromatic N) is 1. The van der Waals surface area contributed by atoms with E-state index < -0.39 is 0 Å². The molecular weight excluding hydrogens is 316 g/mol. The number of benzene rings is 2. The predicted octanol–water partition coefficient (Wildman–Crippen LogP) is 6.49. The van der Waals surface area contributed by atoms with E-state index in [9.17, 15) is 0 Å². The summed E-state index contributed by atoms with van der Waals surface area (Å²) in [5.41, 5.74) is 8.24. The lowest BCUT2D eigenvalue weighted by Crippen LogP contribution is -2.00. The highest BCUT2D eigenvalue weighted by molar-refractivity contribution is 5.73. The maximum atomic E-state index is 4.45. The van der Waals surface area contributed by atoms with Gasteiger partial charge in [-0.3, -0.25) is 4.98 Å². The number of pyridine rings is 1. The van der Waals surface area contributed by atoms with Crippen molar-refractivity contribution in [1.82, 2.24) is 4.98 Å². The van der Waals surface area contributed by atoms with Gasteiger partial charge in [0, 0.05) is 17.4 Å². The highest BCUT2D eigenvalue weighted by Gasteiger charge is 2.09. The zero-order valence-corrected chi connectivity index (χ0v) is 15.8. The van der Waals surface area contributed by atoms with Crippen LogP contribution in [0.3, 0.4) is 0 Å². The minimum Gasteiger partial charge on any atom is -0.354 e. The van der Waals surface area contributed by atoms with Crippen LogP contribution in [0.25, 0.3) is 6.08 Å². The number of aromatic nitrogens is 1. The van der Waals surface area contributed by atoms with Gasteiger partial charge in [0.05, 0.1) is 11.9 Å². The van der Waals surface area contributed by atoms with Crippen LogP contribution < -0.4 is 5.32 Å². The first-order chi connectivity index (χ1) is 12.6. The fraction of sp³-hybridized carbons (Fsp3) is 0.208. The molecule has 0 atom stereocenters. The zero-order chi connectivity index (χ0) is 18.5. The number of hydrogen-bond donors (Lipinski definition) is 1. The molecule has 2 aromatic carbocycles. The largest absolute Gasteiger partial charge is 0.354 e. The highest BCUT2D eigenvalue weighted by atomic mass is 14.9. The maximum Gasteiger partial charge on any atom is 0.0647 e. The molecule has 1 heterocycles. The van der Waals surface area contributed by atoms with E-state index >= 15 is 0 Å². The Hall–Kier alpha value is -2.87.